The molecule has 0 amide bonds. The Morgan fingerprint density at radius 3 is 2.40 bits per heavy atom. The molecule has 0 aromatic heterocycles. The van der Waals surface area contributed by atoms with Crippen molar-refractivity contribution in [3.63, 3.8) is 0 Å². The molecule has 1 atom stereocenters. The lowest BCUT2D eigenvalue weighted by molar-refractivity contribution is 0.466. The maximum absolute atomic E-state index is 9.63. The molecule has 3 N–H and O–H groups in total. The maximum atomic E-state index is 9.63. The second kappa shape index (κ2) is 4.99. The Balaban J connectivity index is 2.90. The minimum Gasteiger partial charge on any atom is -0.507 e. The summed E-state index contributed by atoms with van der Waals surface area (Å²) in [5.41, 5.74) is 8.90. The standard InChI is InChI=1S/C13H19NO/c1-4-5-6-12(14)11-7-9(2)13(15)10(3)8-11/h4,7-8,12,15H,1,5-6,14H2,2-3H3/t12-/m1/s1. The number of nitrogens with two attached hydrogens (primary N) is 1. The maximum Gasteiger partial charge on any atom is 0.121 e. The second-order valence-electron chi connectivity index (χ2n) is 3.98. The first kappa shape index (κ1) is 11.8. The summed E-state index contributed by atoms with van der Waals surface area (Å²) in [5, 5.41) is 9.63. The van der Waals surface area contributed by atoms with Crippen LogP contribution in [0.2, 0.25) is 0 Å². The van der Waals surface area contributed by atoms with Crippen molar-refractivity contribution in [1.82, 2.24) is 0 Å². The highest BCUT2D eigenvalue weighted by Crippen LogP contribution is 2.26. The van der Waals surface area contributed by atoms with E-state index in [0.29, 0.717) is 5.75 Å². The number of rotatable bonds is 4. The van der Waals surface area contributed by atoms with Gasteiger partial charge in [-0.3, -0.25) is 0 Å². The average Bonchev–Trinajstić information content (AvgIpc) is 2.21. The Morgan fingerprint density at radius 2 is 1.93 bits per heavy atom. The molecule has 1 aromatic rings. The molecule has 0 aliphatic carbocycles. The third kappa shape index (κ3) is 2.83. The molecule has 2 heteroatoms. The molecule has 0 saturated carbocycles. The predicted molar refractivity (Wildman–Crippen MR) is 63.9 cm³/mol. The van der Waals surface area contributed by atoms with E-state index in [1.807, 2.05) is 32.1 Å². The van der Waals surface area contributed by atoms with Crippen LogP contribution in [-0.4, -0.2) is 5.11 Å². The second-order valence-corrected chi connectivity index (χ2v) is 3.98. The SMILES string of the molecule is C=CCC[C@@H](N)c1cc(C)c(O)c(C)c1. The third-order valence-corrected chi connectivity index (χ3v) is 2.62. The topological polar surface area (TPSA) is 46.2 Å². The van der Waals surface area contributed by atoms with Crippen LogP contribution in [-0.2, 0) is 0 Å². The van der Waals surface area contributed by atoms with Crippen molar-refractivity contribution in [1.29, 1.82) is 0 Å². The van der Waals surface area contributed by atoms with Gasteiger partial charge in [-0.25, -0.2) is 0 Å². The molecule has 0 saturated heterocycles. The fourth-order valence-corrected chi connectivity index (χ4v) is 1.67. The molecule has 2 nitrogen and oxygen atoms in total. The summed E-state index contributed by atoms with van der Waals surface area (Å²) in [6.07, 6.45) is 3.69. The van der Waals surface area contributed by atoms with E-state index in [9.17, 15) is 5.11 Å². The van der Waals surface area contributed by atoms with Gasteiger partial charge in [0, 0.05) is 6.04 Å². The van der Waals surface area contributed by atoms with Crippen molar-refractivity contribution in [2.75, 3.05) is 0 Å². The van der Waals surface area contributed by atoms with Crippen molar-refractivity contribution in [3.05, 3.63) is 41.5 Å². The normalized spacial score (nSPS) is 12.5. The van der Waals surface area contributed by atoms with Crippen molar-refractivity contribution in [2.24, 2.45) is 5.73 Å². The molecule has 0 fully saturated rings. The van der Waals surface area contributed by atoms with Crippen molar-refractivity contribution in [2.45, 2.75) is 32.7 Å². The molecular weight excluding hydrogens is 186 g/mol. The number of phenolic OH excluding ortho intramolecular Hbond substituents is 1. The number of aromatic hydroxyl groups is 1. The Labute approximate surface area is 91.4 Å². The number of aryl methyl sites for hydroxylation is 2. The van der Waals surface area contributed by atoms with E-state index in [2.05, 4.69) is 6.58 Å². The van der Waals surface area contributed by atoms with E-state index in [4.69, 9.17) is 5.73 Å². The number of allylic oxidation sites excluding steroid dienone is 1. The first-order valence-corrected chi connectivity index (χ1v) is 5.23. The Morgan fingerprint density at radius 1 is 1.40 bits per heavy atom. The number of hydrogen-bond acceptors (Lipinski definition) is 2. The van der Waals surface area contributed by atoms with Crippen LogP contribution in [0.15, 0.2) is 24.8 Å². The molecule has 0 radical (unpaired) electrons. The molecule has 15 heavy (non-hydrogen) atoms. The van der Waals surface area contributed by atoms with Crippen LogP contribution in [0.1, 0.15) is 35.6 Å². The summed E-state index contributed by atoms with van der Waals surface area (Å²) in [7, 11) is 0. The smallest absolute Gasteiger partial charge is 0.121 e. The summed E-state index contributed by atoms with van der Waals surface area (Å²) in [6, 6.07) is 3.94. The largest absolute Gasteiger partial charge is 0.507 e. The van der Waals surface area contributed by atoms with Crippen LogP contribution in [0.4, 0.5) is 0 Å². The van der Waals surface area contributed by atoms with Crippen molar-refractivity contribution in [3.8, 4) is 5.75 Å². The van der Waals surface area contributed by atoms with Crippen LogP contribution < -0.4 is 5.73 Å². The summed E-state index contributed by atoms with van der Waals surface area (Å²) in [4.78, 5) is 0. The highest BCUT2D eigenvalue weighted by molar-refractivity contribution is 5.43. The molecule has 0 heterocycles. The third-order valence-electron chi connectivity index (χ3n) is 2.62. The average molecular weight is 205 g/mol. The minimum absolute atomic E-state index is 0.0287. The Kier molecular flexibility index (Phi) is 3.92. The first-order valence-electron chi connectivity index (χ1n) is 5.23. The molecule has 82 valence electrons. The minimum atomic E-state index is 0.0287. The molecule has 0 aliphatic rings. The van der Waals surface area contributed by atoms with Gasteiger partial charge in [-0.1, -0.05) is 18.2 Å². The molecule has 0 spiro atoms. The highest BCUT2D eigenvalue weighted by Gasteiger charge is 2.09. The lowest BCUT2D eigenvalue weighted by Gasteiger charge is -2.14. The molecule has 0 aliphatic heterocycles. The number of phenols is 1. The predicted octanol–water partition coefficient (Wildman–Crippen LogP) is 2.98. The van der Waals surface area contributed by atoms with Gasteiger partial charge in [0.1, 0.15) is 5.75 Å². The van der Waals surface area contributed by atoms with Gasteiger partial charge in [-0.05, 0) is 43.4 Å². The van der Waals surface area contributed by atoms with E-state index < -0.39 is 0 Å². The summed E-state index contributed by atoms with van der Waals surface area (Å²) in [5.74, 6) is 0.370. The van der Waals surface area contributed by atoms with Gasteiger partial charge in [-0.15, -0.1) is 6.58 Å². The quantitative estimate of drug-likeness (QED) is 0.742. The fourth-order valence-electron chi connectivity index (χ4n) is 1.67. The Hall–Kier alpha value is -1.28. The summed E-state index contributed by atoms with van der Waals surface area (Å²) < 4.78 is 0. The van der Waals surface area contributed by atoms with Gasteiger partial charge in [-0.2, -0.15) is 0 Å². The van der Waals surface area contributed by atoms with Gasteiger partial charge in [0.15, 0.2) is 0 Å². The van der Waals surface area contributed by atoms with Crippen LogP contribution >= 0.6 is 0 Å². The van der Waals surface area contributed by atoms with E-state index in [-0.39, 0.29) is 6.04 Å². The van der Waals surface area contributed by atoms with Gasteiger partial charge in [0.25, 0.3) is 0 Å². The zero-order chi connectivity index (χ0) is 11.4. The van der Waals surface area contributed by atoms with E-state index in [1.165, 1.54) is 0 Å². The van der Waals surface area contributed by atoms with Gasteiger partial charge in [0.2, 0.25) is 0 Å². The monoisotopic (exact) mass is 205 g/mol. The fraction of sp³-hybridized carbons (Fsp3) is 0.385. The highest BCUT2D eigenvalue weighted by atomic mass is 16.3. The van der Waals surface area contributed by atoms with Gasteiger partial charge in [0.05, 0.1) is 0 Å². The Bertz CT molecular complexity index is 335. The number of benzene rings is 1. The first-order chi connectivity index (χ1) is 7.06. The lowest BCUT2D eigenvalue weighted by atomic mass is 9.98. The summed E-state index contributed by atoms with van der Waals surface area (Å²) >= 11 is 0. The van der Waals surface area contributed by atoms with Crippen LogP contribution in [0.5, 0.6) is 5.75 Å². The van der Waals surface area contributed by atoms with E-state index in [1.54, 1.807) is 0 Å². The van der Waals surface area contributed by atoms with E-state index >= 15 is 0 Å². The molecule has 1 aromatic carbocycles. The van der Waals surface area contributed by atoms with Crippen molar-refractivity contribution < 1.29 is 5.11 Å². The molecule has 0 unspecified atom stereocenters. The van der Waals surface area contributed by atoms with Crippen LogP contribution in [0, 0.1) is 13.8 Å². The summed E-state index contributed by atoms with van der Waals surface area (Å²) in [6.45, 7) is 7.47. The molecule has 0 bridgehead atoms. The van der Waals surface area contributed by atoms with Crippen molar-refractivity contribution >= 4 is 0 Å². The van der Waals surface area contributed by atoms with E-state index in [0.717, 1.165) is 29.5 Å². The lowest BCUT2D eigenvalue weighted by Crippen LogP contribution is -2.10. The van der Waals surface area contributed by atoms with Crippen LogP contribution in [0.25, 0.3) is 0 Å². The van der Waals surface area contributed by atoms with Gasteiger partial charge >= 0.3 is 0 Å². The van der Waals surface area contributed by atoms with Crippen LogP contribution in [0.3, 0.4) is 0 Å². The molecule has 1 rings (SSSR count). The zero-order valence-electron chi connectivity index (χ0n) is 9.46. The zero-order valence-corrected chi connectivity index (χ0v) is 9.46. The number of hydrogen-bond donors (Lipinski definition) is 2. The molecular formula is C13H19NO. The van der Waals surface area contributed by atoms with Gasteiger partial charge < -0.3 is 10.8 Å².